The lowest BCUT2D eigenvalue weighted by atomic mass is 10.0. The van der Waals surface area contributed by atoms with Crippen LogP contribution in [0.5, 0.6) is 0 Å². The molecule has 0 aromatic rings. The van der Waals surface area contributed by atoms with Gasteiger partial charge in [-0.2, -0.15) is 0 Å². The average Bonchev–Trinajstić information content (AvgIpc) is 2.05. The van der Waals surface area contributed by atoms with Gasteiger partial charge in [0, 0.05) is 6.54 Å². The average molecular weight is 135 g/mol. The minimum Gasteiger partial charge on any atom is -0.312 e. The van der Waals surface area contributed by atoms with E-state index in [1.807, 2.05) is 0 Å². The zero-order valence-corrected chi connectivity index (χ0v) is 6.19. The van der Waals surface area contributed by atoms with Gasteiger partial charge in [0.2, 0.25) is 0 Å². The third kappa shape index (κ3) is 1.58. The third-order valence-corrected chi connectivity index (χ3v) is 1.69. The van der Waals surface area contributed by atoms with E-state index in [9.17, 15) is 0 Å². The summed E-state index contributed by atoms with van der Waals surface area (Å²) in [6.07, 6.45) is 5.14. The highest BCUT2D eigenvalue weighted by atomic mass is 14.9. The summed E-state index contributed by atoms with van der Waals surface area (Å²) in [6, 6.07) is 0. The molecule has 0 radical (unpaired) electrons. The number of nitrogens with one attached hydrogen (secondary N) is 1. The minimum absolute atomic E-state index is 0.949. The minimum atomic E-state index is 0.949. The first-order valence-corrected chi connectivity index (χ1v) is 3.56. The summed E-state index contributed by atoms with van der Waals surface area (Å²) in [5, 5.41) is 3.27. The zero-order valence-electron chi connectivity index (χ0n) is 6.19. The number of allylic oxidation sites excluding steroid dienone is 1. The van der Waals surface area contributed by atoms with Crippen LogP contribution >= 0.6 is 0 Å². The second-order valence-electron chi connectivity index (χ2n) is 2.42. The Morgan fingerprint density at radius 2 is 2.50 bits per heavy atom. The van der Waals surface area contributed by atoms with Crippen LogP contribution in [0, 0.1) is 0 Å². The Morgan fingerprint density at radius 1 is 1.70 bits per heavy atom. The van der Waals surface area contributed by atoms with Crippen LogP contribution in [0.4, 0.5) is 0 Å². The van der Waals surface area contributed by atoms with Crippen molar-refractivity contribution < 1.29 is 0 Å². The molecule has 0 aliphatic carbocycles. The molecule has 0 spiro atoms. The van der Waals surface area contributed by atoms with Gasteiger partial charge >= 0.3 is 0 Å². The molecule has 1 heteroatoms. The van der Waals surface area contributed by atoms with E-state index in [1.165, 1.54) is 5.57 Å². The molecule has 0 saturated heterocycles. The molecule has 0 bridgehead atoms. The van der Waals surface area contributed by atoms with Crippen molar-refractivity contribution in [3.8, 4) is 0 Å². The summed E-state index contributed by atoms with van der Waals surface area (Å²) in [5.74, 6) is 0. The van der Waals surface area contributed by atoms with Crippen LogP contribution < -0.4 is 5.32 Å². The summed E-state index contributed by atoms with van der Waals surface area (Å²) in [7, 11) is 0. The SMILES string of the molecule is C=CC(=C)C1=CCCNC1. The largest absolute Gasteiger partial charge is 0.312 e. The van der Waals surface area contributed by atoms with Crippen LogP contribution in [0.1, 0.15) is 6.42 Å². The second kappa shape index (κ2) is 3.37. The van der Waals surface area contributed by atoms with Crippen molar-refractivity contribution in [2.75, 3.05) is 13.1 Å². The van der Waals surface area contributed by atoms with Gasteiger partial charge < -0.3 is 5.32 Å². The Morgan fingerprint density at radius 3 is 3.00 bits per heavy atom. The van der Waals surface area contributed by atoms with E-state index in [0.29, 0.717) is 0 Å². The van der Waals surface area contributed by atoms with Crippen molar-refractivity contribution >= 4 is 0 Å². The maximum absolute atomic E-state index is 3.87. The number of hydrogen-bond acceptors (Lipinski definition) is 1. The first-order valence-electron chi connectivity index (χ1n) is 3.56. The van der Waals surface area contributed by atoms with Gasteiger partial charge in [0.05, 0.1) is 0 Å². The molecule has 1 heterocycles. The monoisotopic (exact) mass is 135 g/mol. The quantitative estimate of drug-likeness (QED) is 0.568. The fourth-order valence-electron chi connectivity index (χ4n) is 1.02. The second-order valence-corrected chi connectivity index (χ2v) is 2.42. The highest BCUT2D eigenvalue weighted by Gasteiger charge is 2.02. The summed E-state index contributed by atoms with van der Waals surface area (Å²) < 4.78 is 0. The van der Waals surface area contributed by atoms with Crippen LogP contribution in [0.25, 0.3) is 0 Å². The molecule has 0 aromatic carbocycles. The maximum atomic E-state index is 3.87. The molecular formula is C9H13N. The van der Waals surface area contributed by atoms with Crippen molar-refractivity contribution in [2.24, 2.45) is 0 Å². The zero-order chi connectivity index (χ0) is 7.40. The number of hydrogen-bond donors (Lipinski definition) is 1. The molecule has 0 unspecified atom stereocenters. The van der Waals surface area contributed by atoms with Gasteiger partial charge in [0.25, 0.3) is 0 Å². The molecular weight excluding hydrogens is 122 g/mol. The Bertz CT molecular complexity index is 177. The van der Waals surface area contributed by atoms with E-state index in [0.717, 1.165) is 25.1 Å². The molecule has 0 fully saturated rings. The smallest absolute Gasteiger partial charge is 0.0208 e. The predicted octanol–water partition coefficient (Wildman–Crippen LogP) is 1.65. The van der Waals surface area contributed by atoms with Gasteiger partial charge in [0.15, 0.2) is 0 Å². The van der Waals surface area contributed by atoms with E-state index < -0.39 is 0 Å². The Kier molecular flexibility index (Phi) is 2.46. The lowest BCUT2D eigenvalue weighted by Gasteiger charge is -2.13. The van der Waals surface area contributed by atoms with E-state index in [-0.39, 0.29) is 0 Å². The van der Waals surface area contributed by atoms with Crippen molar-refractivity contribution in [1.29, 1.82) is 0 Å². The van der Waals surface area contributed by atoms with Crippen molar-refractivity contribution in [2.45, 2.75) is 6.42 Å². The van der Waals surface area contributed by atoms with Gasteiger partial charge in [-0.25, -0.2) is 0 Å². The molecule has 1 N–H and O–H groups in total. The highest BCUT2D eigenvalue weighted by Crippen LogP contribution is 2.10. The van der Waals surface area contributed by atoms with Crippen molar-refractivity contribution in [3.05, 3.63) is 36.5 Å². The van der Waals surface area contributed by atoms with Crippen LogP contribution in [0.15, 0.2) is 36.5 Å². The molecule has 0 amide bonds. The van der Waals surface area contributed by atoms with E-state index in [4.69, 9.17) is 0 Å². The summed E-state index contributed by atoms with van der Waals surface area (Å²) in [5.41, 5.74) is 2.34. The molecule has 0 aromatic heterocycles. The Hall–Kier alpha value is -0.820. The van der Waals surface area contributed by atoms with E-state index in [1.54, 1.807) is 6.08 Å². The van der Waals surface area contributed by atoms with Crippen LogP contribution in [0.3, 0.4) is 0 Å². The lowest BCUT2D eigenvalue weighted by Crippen LogP contribution is -2.22. The van der Waals surface area contributed by atoms with Gasteiger partial charge in [-0.1, -0.05) is 25.3 Å². The Labute approximate surface area is 62.1 Å². The first kappa shape index (κ1) is 7.29. The standard InChI is InChI=1S/C9H13N/c1-3-8(2)9-5-4-6-10-7-9/h3,5,10H,1-2,4,6-7H2. The summed E-state index contributed by atoms with van der Waals surface area (Å²) >= 11 is 0. The van der Waals surface area contributed by atoms with Crippen LogP contribution in [0.2, 0.25) is 0 Å². The normalized spacial score (nSPS) is 17.8. The van der Waals surface area contributed by atoms with Gasteiger partial charge in [-0.15, -0.1) is 0 Å². The molecule has 10 heavy (non-hydrogen) atoms. The summed E-state index contributed by atoms with van der Waals surface area (Å²) in [4.78, 5) is 0. The molecule has 1 aliphatic heterocycles. The predicted molar refractivity (Wildman–Crippen MR) is 44.9 cm³/mol. The molecule has 0 saturated carbocycles. The number of rotatable bonds is 2. The molecule has 54 valence electrons. The maximum Gasteiger partial charge on any atom is 0.0208 e. The molecule has 0 atom stereocenters. The van der Waals surface area contributed by atoms with Crippen LogP contribution in [-0.4, -0.2) is 13.1 Å². The fourth-order valence-corrected chi connectivity index (χ4v) is 1.02. The van der Waals surface area contributed by atoms with Gasteiger partial charge in [-0.3, -0.25) is 0 Å². The third-order valence-electron chi connectivity index (χ3n) is 1.69. The molecule has 1 nitrogen and oxygen atoms in total. The fraction of sp³-hybridized carbons (Fsp3) is 0.333. The first-order chi connectivity index (χ1) is 4.84. The highest BCUT2D eigenvalue weighted by molar-refractivity contribution is 5.37. The van der Waals surface area contributed by atoms with E-state index >= 15 is 0 Å². The lowest BCUT2D eigenvalue weighted by molar-refractivity contribution is 0.709. The van der Waals surface area contributed by atoms with Crippen molar-refractivity contribution in [1.82, 2.24) is 5.32 Å². The Balaban J connectivity index is 2.61. The van der Waals surface area contributed by atoms with Gasteiger partial charge in [-0.05, 0) is 24.1 Å². The van der Waals surface area contributed by atoms with E-state index in [2.05, 4.69) is 24.6 Å². The van der Waals surface area contributed by atoms with Crippen molar-refractivity contribution in [3.63, 3.8) is 0 Å². The molecule has 1 aliphatic rings. The van der Waals surface area contributed by atoms with Crippen LogP contribution in [-0.2, 0) is 0 Å². The summed E-state index contributed by atoms with van der Waals surface area (Å²) in [6.45, 7) is 9.58. The topological polar surface area (TPSA) is 12.0 Å². The van der Waals surface area contributed by atoms with Gasteiger partial charge in [0.1, 0.15) is 0 Å². The molecule has 1 rings (SSSR count).